The topological polar surface area (TPSA) is 85.8 Å². The molecule has 0 fully saturated rings. The molecule has 0 aromatic carbocycles. The van der Waals surface area contributed by atoms with Crippen LogP contribution in [0.5, 0.6) is 0 Å². The highest BCUT2D eigenvalue weighted by molar-refractivity contribution is 5.44. The Morgan fingerprint density at radius 1 is 1.25 bits per heavy atom. The van der Waals surface area contributed by atoms with Crippen molar-refractivity contribution >= 4 is 11.6 Å². The molecule has 3 aromatic rings. The summed E-state index contributed by atoms with van der Waals surface area (Å²) in [5.41, 5.74) is 0.905. The molecule has 0 saturated carbocycles. The van der Waals surface area contributed by atoms with Crippen LogP contribution in [-0.4, -0.2) is 40.9 Å². The fraction of sp³-hybridized carbons (Fsp3) is 0.417. The third kappa shape index (κ3) is 2.20. The Kier molecular flexibility index (Phi) is 3.05. The fourth-order valence-electron chi connectivity index (χ4n) is 2.03. The van der Waals surface area contributed by atoms with Gasteiger partial charge in [-0.25, -0.2) is 4.98 Å². The smallest absolute Gasteiger partial charge is 0.254 e. The van der Waals surface area contributed by atoms with Gasteiger partial charge in [0.25, 0.3) is 5.78 Å². The molecule has 104 valence electrons. The van der Waals surface area contributed by atoms with Crippen LogP contribution in [0.1, 0.15) is 17.3 Å². The third-order valence-corrected chi connectivity index (χ3v) is 3.22. The van der Waals surface area contributed by atoms with Gasteiger partial charge in [-0.05, 0) is 13.8 Å². The summed E-state index contributed by atoms with van der Waals surface area (Å²) in [6.45, 7) is 4.62. The van der Waals surface area contributed by atoms with E-state index in [0.717, 1.165) is 36.1 Å². The van der Waals surface area contributed by atoms with Crippen LogP contribution in [0.2, 0.25) is 0 Å². The van der Waals surface area contributed by atoms with Crippen molar-refractivity contribution in [2.45, 2.75) is 20.3 Å². The third-order valence-electron chi connectivity index (χ3n) is 3.22. The van der Waals surface area contributed by atoms with Gasteiger partial charge < -0.3 is 9.88 Å². The van der Waals surface area contributed by atoms with E-state index in [4.69, 9.17) is 0 Å². The van der Waals surface area contributed by atoms with Crippen LogP contribution in [0.4, 0.5) is 5.82 Å². The molecule has 0 spiro atoms. The normalized spacial score (nSPS) is 11.2. The molecule has 0 saturated heterocycles. The monoisotopic (exact) mass is 272 g/mol. The summed E-state index contributed by atoms with van der Waals surface area (Å²) >= 11 is 0. The second kappa shape index (κ2) is 4.87. The molecule has 0 atom stereocenters. The Morgan fingerprint density at radius 2 is 2.10 bits per heavy atom. The van der Waals surface area contributed by atoms with Crippen molar-refractivity contribution in [1.82, 2.24) is 34.3 Å². The van der Waals surface area contributed by atoms with Gasteiger partial charge in [0, 0.05) is 31.8 Å². The molecule has 0 unspecified atom stereocenters. The first kappa shape index (κ1) is 12.5. The molecule has 3 rings (SSSR count). The molecule has 20 heavy (non-hydrogen) atoms. The lowest BCUT2D eigenvalue weighted by Gasteiger charge is -2.08. The van der Waals surface area contributed by atoms with Gasteiger partial charge in [0.1, 0.15) is 23.8 Å². The van der Waals surface area contributed by atoms with Gasteiger partial charge in [-0.15, -0.1) is 10.2 Å². The molecule has 0 aliphatic carbocycles. The number of aryl methyl sites for hydroxylation is 2. The summed E-state index contributed by atoms with van der Waals surface area (Å²) < 4.78 is 3.68. The first-order chi connectivity index (χ1) is 9.65. The largest absolute Gasteiger partial charge is 0.369 e. The highest BCUT2D eigenvalue weighted by Crippen LogP contribution is 2.10. The van der Waals surface area contributed by atoms with Gasteiger partial charge in [-0.2, -0.15) is 14.6 Å². The number of anilines is 1. The minimum absolute atomic E-state index is 0.599. The second-order valence-corrected chi connectivity index (χ2v) is 4.65. The highest BCUT2D eigenvalue weighted by atomic mass is 15.4. The first-order valence-corrected chi connectivity index (χ1v) is 6.41. The molecule has 0 amide bonds. The summed E-state index contributed by atoms with van der Waals surface area (Å²) in [5.74, 6) is 3.35. The maximum atomic E-state index is 4.30. The Balaban J connectivity index is 1.74. The Labute approximate surface area is 115 Å². The van der Waals surface area contributed by atoms with E-state index >= 15 is 0 Å². The second-order valence-electron chi connectivity index (χ2n) is 4.65. The Morgan fingerprint density at radius 3 is 2.85 bits per heavy atom. The van der Waals surface area contributed by atoms with Crippen molar-refractivity contribution in [2.75, 3.05) is 11.9 Å². The van der Waals surface area contributed by atoms with Crippen LogP contribution >= 0.6 is 0 Å². The molecule has 0 aliphatic heterocycles. The lowest BCUT2D eigenvalue weighted by Crippen LogP contribution is -2.12. The highest BCUT2D eigenvalue weighted by Gasteiger charge is 2.07. The molecule has 0 bridgehead atoms. The quantitative estimate of drug-likeness (QED) is 0.745. The van der Waals surface area contributed by atoms with E-state index in [1.165, 1.54) is 6.33 Å². The fourth-order valence-corrected chi connectivity index (χ4v) is 2.03. The van der Waals surface area contributed by atoms with Crippen LogP contribution < -0.4 is 5.32 Å². The summed E-state index contributed by atoms with van der Waals surface area (Å²) in [4.78, 5) is 8.40. The first-order valence-electron chi connectivity index (χ1n) is 6.41. The molecule has 0 aliphatic rings. The molecule has 1 N–H and O–H groups in total. The maximum Gasteiger partial charge on any atom is 0.254 e. The molecular weight excluding hydrogens is 256 g/mol. The number of hydrogen-bond acceptors (Lipinski definition) is 6. The van der Waals surface area contributed by atoms with Crippen LogP contribution in [0.15, 0.2) is 12.4 Å². The van der Waals surface area contributed by atoms with Gasteiger partial charge in [0.2, 0.25) is 0 Å². The number of nitrogens with zero attached hydrogens (tertiary/aromatic N) is 7. The van der Waals surface area contributed by atoms with E-state index in [-0.39, 0.29) is 0 Å². The average Bonchev–Trinajstić information content (AvgIpc) is 3.00. The van der Waals surface area contributed by atoms with E-state index in [1.807, 2.05) is 31.5 Å². The van der Waals surface area contributed by atoms with Gasteiger partial charge in [-0.3, -0.25) is 0 Å². The van der Waals surface area contributed by atoms with Gasteiger partial charge >= 0.3 is 0 Å². The van der Waals surface area contributed by atoms with Gasteiger partial charge in [0.15, 0.2) is 0 Å². The van der Waals surface area contributed by atoms with Crippen molar-refractivity contribution in [3.05, 3.63) is 29.7 Å². The number of nitrogens with one attached hydrogen (secondary N) is 1. The number of rotatable bonds is 4. The number of aromatic nitrogens is 7. The zero-order chi connectivity index (χ0) is 14.1. The minimum Gasteiger partial charge on any atom is -0.369 e. The average molecular weight is 272 g/mol. The standard InChI is InChI=1S/C12H16N8/c1-8-6-11(20-12(16-8)14-7-15-20)13-5-4-10-18-17-9(2)19(10)3/h6-7,13H,4-5H2,1-3H3. The molecule has 0 radical (unpaired) electrons. The van der Waals surface area contributed by atoms with Crippen LogP contribution in [0, 0.1) is 13.8 Å². The van der Waals surface area contributed by atoms with Gasteiger partial charge in [-0.1, -0.05) is 0 Å². The van der Waals surface area contributed by atoms with Crippen molar-refractivity contribution in [1.29, 1.82) is 0 Å². The summed E-state index contributed by atoms with van der Waals surface area (Å²) in [7, 11) is 1.97. The Hall–Kier alpha value is -2.51. The zero-order valence-electron chi connectivity index (χ0n) is 11.7. The number of hydrogen-bond donors (Lipinski definition) is 1. The summed E-state index contributed by atoms with van der Waals surface area (Å²) in [5, 5.41) is 15.7. The minimum atomic E-state index is 0.599. The van der Waals surface area contributed by atoms with Crippen molar-refractivity contribution in [2.24, 2.45) is 7.05 Å². The summed E-state index contributed by atoms with van der Waals surface area (Å²) in [6.07, 6.45) is 2.29. The predicted molar refractivity (Wildman–Crippen MR) is 73.5 cm³/mol. The zero-order valence-corrected chi connectivity index (χ0v) is 11.7. The maximum absolute atomic E-state index is 4.30. The van der Waals surface area contributed by atoms with Crippen LogP contribution in [0.3, 0.4) is 0 Å². The van der Waals surface area contributed by atoms with Crippen LogP contribution in [0.25, 0.3) is 5.78 Å². The van der Waals surface area contributed by atoms with Crippen molar-refractivity contribution in [3.63, 3.8) is 0 Å². The van der Waals surface area contributed by atoms with Crippen molar-refractivity contribution in [3.8, 4) is 0 Å². The predicted octanol–water partition coefficient (Wildman–Crippen LogP) is 0.524. The lowest BCUT2D eigenvalue weighted by molar-refractivity contribution is 0.767. The van der Waals surface area contributed by atoms with Crippen LogP contribution in [-0.2, 0) is 13.5 Å². The van der Waals surface area contributed by atoms with E-state index in [2.05, 4.69) is 30.6 Å². The number of fused-ring (bicyclic) bond motifs is 1. The van der Waals surface area contributed by atoms with Crippen molar-refractivity contribution < 1.29 is 0 Å². The van der Waals surface area contributed by atoms with E-state index in [0.29, 0.717) is 5.78 Å². The van der Waals surface area contributed by atoms with E-state index in [9.17, 15) is 0 Å². The molecular formula is C12H16N8. The van der Waals surface area contributed by atoms with E-state index in [1.54, 1.807) is 4.52 Å². The molecule has 8 heteroatoms. The molecule has 3 aromatic heterocycles. The lowest BCUT2D eigenvalue weighted by atomic mass is 10.3. The van der Waals surface area contributed by atoms with E-state index < -0.39 is 0 Å². The molecule has 8 nitrogen and oxygen atoms in total. The summed E-state index contributed by atoms with van der Waals surface area (Å²) in [6, 6.07) is 1.95. The molecule has 3 heterocycles. The van der Waals surface area contributed by atoms with Gasteiger partial charge in [0.05, 0.1) is 0 Å². The SMILES string of the molecule is Cc1cc(NCCc2nnc(C)n2C)n2ncnc2n1. The Bertz CT molecular complexity index is 741.